The van der Waals surface area contributed by atoms with Crippen LogP contribution in [0, 0.1) is 12.8 Å². The summed E-state index contributed by atoms with van der Waals surface area (Å²) in [6.45, 7) is 1.89. The number of Topliss-reactive ketones (excluding diaryl/α,β-unsaturated/α-hetero) is 1. The number of carbonyl (C=O) groups is 1. The molecule has 1 fully saturated rings. The van der Waals surface area contributed by atoms with Crippen LogP contribution in [0.15, 0.2) is 47.4 Å². The van der Waals surface area contributed by atoms with Crippen molar-refractivity contribution >= 4 is 33.1 Å². The molecule has 138 valence electrons. The maximum atomic E-state index is 12.9. The van der Waals surface area contributed by atoms with E-state index in [1.54, 1.807) is 42.5 Å². The van der Waals surface area contributed by atoms with Crippen molar-refractivity contribution in [1.82, 2.24) is 0 Å². The molecule has 26 heavy (non-hydrogen) atoms. The molecule has 2 aromatic carbocycles. The summed E-state index contributed by atoms with van der Waals surface area (Å²) in [5.41, 5.74) is 1.61. The summed E-state index contributed by atoms with van der Waals surface area (Å²) in [6, 6.07) is 11.3. The lowest BCUT2D eigenvalue weighted by Gasteiger charge is -2.22. The van der Waals surface area contributed by atoms with Gasteiger partial charge in [-0.1, -0.05) is 48.6 Å². The van der Waals surface area contributed by atoms with Crippen LogP contribution in [0.3, 0.4) is 0 Å². The van der Waals surface area contributed by atoms with Crippen molar-refractivity contribution in [2.75, 3.05) is 4.72 Å². The zero-order chi connectivity index (χ0) is 18.7. The fourth-order valence-electron chi connectivity index (χ4n) is 3.32. The number of hydrogen-bond donors (Lipinski definition) is 1. The van der Waals surface area contributed by atoms with Crippen molar-refractivity contribution < 1.29 is 13.2 Å². The SMILES string of the molecule is Cc1ccc(S(=O)(=O)Nc2ccc(Cl)cc2C(=O)C2CCCCC2)cc1. The number of ketones is 1. The molecule has 1 saturated carbocycles. The Morgan fingerprint density at radius 3 is 2.35 bits per heavy atom. The van der Waals surface area contributed by atoms with Gasteiger partial charge in [-0.25, -0.2) is 8.42 Å². The van der Waals surface area contributed by atoms with Crippen molar-refractivity contribution in [1.29, 1.82) is 0 Å². The molecule has 0 atom stereocenters. The molecule has 4 nitrogen and oxygen atoms in total. The van der Waals surface area contributed by atoms with Crippen LogP contribution in [0.4, 0.5) is 5.69 Å². The van der Waals surface area contributed by atoms with Gasteiger partial charge in [-0.2, -0.15) is 0 Å². The lowest BCUT2D eigenvalue weighted by Crippen LogP contribution is -2.21. The molecule has 0 spiro atoms. The van der Waals surface area contributed by atoms with Gasteiger partial charge in [0.2, 0.25) is 0 Å². The van der Waals surface area contributed by atoms with E-state index >= 15 is 0 Å². The fraction of sp³-hybridized carbons (Fsp3) is 0.350. The molecule has 0 radical (unpaired) electrons. The minimum absolute atomic E-state index is 0.0335. The van der Waals surface area contributed by atoms with Crippen molar-refractivity contribution in [2.24, 2.45) is 5.92 Å². The summed E-state index contributed by atoms with van der Waals surface area (Å²) in [4.78, 5) is 13.1. The van der Waals surface area contributed by atoms with E-state index in [-0.39, 0.29) is 22.3 Å². The average molecular weight is 392 g/mol. The third kappa shape index (κ3) is 4.27. The second-order valence-electron chi connectivity index (χ2n) is 6.81. The molecule has 0 aromatic heterocycles. The van der Waals surface area contributed by atoms with Crippen LogP contribution in [0.1, 0.15) is 48.0 Å². The fourth-order valence-corrected chi connectivity index (χ4v) is 4.57. The van der Waals surface area contributed by atoms with Gasteiger partial charge in [0.05, 0.1) is 10.6 Å². The number of halogens is 1. The molecular formula is C20H22ClNO3S. The lowest BCUT2D eigenvalue weighted by atomic mass is 9.83. The molecule has 1 N–H and O–H groups in total. The van der Waals surface area contributed by atoms with Crippen LogP contribution in [0.25, 0.3) is 0 Å². The molecule has 0 amide bonds. The molecule has 1 aliphatic rings. The van der Waals surface area contributed by atoms with Crippen molar-refractivity contribution in [3.05, 3.63) is 58.6 Å². The van der Waals surface area contributed by atoms with Gasteiger partial charge < -0.3 is 0 Å². The van der Waals surface area contributed by atoms with E-state index in [0.29, 0.717) is 10.6 Å². The van der Waals surface area contributed by atoms with Crippen LogP contribution in [0.5, 0.6) is 0 Å². The van der Waals surface area contributed by atoms with Crippen molar-refractivity contribution in [3.63, 3.8) is 0 Å². The van der Waals surface area contributed by atoms with Gasteiger partial charge in [0, 0.05) is 16.5 Å². The standard InChI is InChI=1S/C20H22ClNO3S/c1-14-7-10-17(11-8-14)26(24,25)22-19-12-9-16(21)13-18(19)20(23)15-5-3-2-4-6-15/h7-13,15,22H,2-6H2,1H3. The maximum absolute atomic E-state index is 12.9. The quantitative estimate of drug-likeness (QED) is 0.711. The van der Waals surface area contributed by atoms with Crippen LogP contribution >= 0.6 is 11.6 Å². The number of benzene rings is 2. The highest BCUT2D eigenvalue weighted by atomic mass is 35.5. The van der Waals surface area contributed by atoms with Crippen LogP contribution in [0.2, 0.25) is 5.02 Å². The Hall–Kier alpha value is -1.85. The maximum Gasteiger partial charge on any atom is 0.261 e. The number of anilines is 1. The third-order valence-electron chi connectivity index (χ3n) is 4.80. The van der Waals surface area contributed by atoms with E-state index in [2.05, 4.69) is 4.72 Å². The summed E-state index contributed by atoms with van der Waals surface area (Å²) < 4.78 is 27.9. The van der Waals surface area contributed by atoms with Crippen LogP contribution in [-0.4, -0.2) is 14.2 Å². The second kappa shape index (κ2) is 7.80. The van der Waals surface area contributed by atoms with Gasteiger partial charge in [-0.15, -0.1) is 0 Å². The summed E-state index contributed by atoms with van der Waals surface area (Å²) in [6.07, 6.45) is 4.89. The van der Waals surface area contributed by atoms with E-state index < -0.39 is 10.0 Å². The summed E-state index contributed by atoms with van der Waals surface area (Å²) in [7, 11) is -3.77. The predicted octanol–water partition coefficient (Wildman–Crippen LogP) is 5.21. The van der Waals surface area contributed by atoms with Gasteiger partial charge in [0.1, 0.15) is 0 Å². The van der Waals surface area contributed by atoms with E-state index in [0.717, 1.165) is 37.7 Å². The van der Waals surface area contributed by atoms with E-state index in [1.807, 2.05) is 6.92 Å². The highest BCUT2D eigenvalue weighted by Crippen LogP contribution is 2.31. The first-order valence-electron chi connectivity index (χ1n) is 8.80. The Balaban J connectivity index is 1.92. The Kier molecular flexibility index (Phi) is 5.68. The first kappa shape index (κ1) is 18.9. The Morgan fingerprint density at radius 1 is 1.04 bits per heavy atom. The topological polar surface area (TPSA) is 63.2 Å². The smallest absolute Gasteiger partial charge is 0.261 e. The second-order valence-corrected chi connectivity index (χ2v) is 8.93. The van der Waals surface area contributed by atoms with Crippen LogP contribution < -0.4 is 4.72 Å². The number of sulfonamides is 1. The van der Waals surface area contributed by atoms with Crippen molar-refractivity contribution in [3.8, 4) is 0 Å². The number of aryl methyl sites for hydroxylation is 1. The summed E-state index contributed by atoms with van der Waals surface area (Å²) in [5, 5.41) is 0.419. The normalized spacial score (nSPS) is 15.6. The lowest BCUT2D eigenvalue weighted by molar-refractivity contribution is 0.0890. The van der Waals surface area contributed by atoms with E-state index in [9.17, 15) is 13.2 Å². The Labute approximate surface area is 159 Å². The molecule has 0 heterocycles. The zero-order valence-electron chi connectivity index (χ0n) is 14.7. The van der Waals surface area contributed by atoms with E-state index in [1.165, 1.54) is 0 Å². The molecule has 3 rings (SSSR count). The number of carbonyl (C=O) groups excluding carboxylic acids is 1. The molecule has 6 heteroatoms. The van der Waals surface area contributed by atoms with Gasteiger partial charge >= 0.3 is 0 Å². The van der Waals surface area contributed by atoms with Gasteiger partial charge in [0.25, 0.3) is 10.0 Å². The summed E-state index contributed by atoms with van der Waals surface area (Å²) >= 11 is 6.08. The highest BCUT2D eigenvalue weighted by molar-refractivity contribution is 7.92. The monoisotopic (exact) mass is 391 g/mol. The number of hydrogen-bond acceptors (Lipinski definition) is 3. The van der Waals surface area contributed by atoms with Crippen LogP contribution in [-0.2, 0) is 10.0 Å². The number of rotatable bonds is 5. The van der Waals surface area contributed by atoms with Gasteiger partial charge in [0.15, 0.2) is 5.78 Å². The van der Waals surface area contributed by atoms with Gasteiger partial charge in [-0.05, 0) is 50.1 Å². The molecular weight excluding hydrogens is 370 g/mol. The predicted molar refractivity (Wildman–Crippen MR) is 104 cm³/mol. The van der Waals surface area contributed by atoms with Crippen molar-refractivity contribution in [2.45, 2.75) is 43.9 Å². The molecule has 0 bridgehead atoms. The largest absolute Gasteiger partial charge is 0.294 e. The van der Waals surface area contributed by atoms with E-state index in [4.69, 9.17) is 11.6 Å². The minimum atomic E-state index is -3.77. The number of nitrogens with one attached hydrogen (secondary N) is 1. The summed E-state index contributed by atoms with van der Waals surface area (Å²) in [5.74, 6) is -0.0985. The molecule has 0 aliphatic heterocycles. The molecule has 0 saturated heterocycles. The first-order chi connectivity index (χ1) is 12.4. The molecule has 2 aromatic rings. The minimum Gasteiger partial charge on any atom is -0.294 e. The Bertz CT molecular complexity index is 901. The Morgan fingerprint density at radius 2 is 1.69 bits per heavy atom. The molecule has 1 aliphatic carbocycles. The zero-order valence-corrected chi connectivity index (χ0v) is 16.2. The highest BCUT2D eigenvalue weighted by Gasteiger charge is 2.26. The molecule has 0 unspecified atom stereocenters. The first-order valence-corrected chi connectivity index (χ1v) is 10.7. The third-order valence-corrected chi connectivity index (χ3v) is 6.42. The van der Waals surface area contributed by atoms with Gasteiger partial charge in [-0.3, -0.25) is 9.52 Å². The average Bonchev–Trinajstić information content (AvgIpc) is 2.63.